The normalized spacial score (nSPS) is 42.9. The van der Waals surface area contributed by atoms with Gasteiger partial charge in [-0.2, -0.15) is 0 Å². The van der Waals surface area contributed by atoms with E-state index in [1.54, 1.807) is 12.0 Å². The predicted octanol–water partition coefficient (Wildman–Crippen LogP) is 7.62. The van der Waals surface area contributed by atoms with Gasteiger partial charge in [-0.1, -0.05) is 76.3 Å². The summed E-state index contributed by atoms with van der Waals surface area (Å²) in [6.07, 6.45) is 12.4. The molecule has 7 aliphatic carbocycles. The van der Waals surface area contributed by atoms with Crippen molar-refractivity contribution >= 4 is 17.7 Å². The molecule has 1 aliphatic heterocycles. The van der Waals surface area contributed by atoms with E-state index >= 15 is 4.79 Å². The fourth-order valence-electron chi connectivity index (χ4n) is 13.8. The molecule has 10 atom stereocenters. The third-order valence-electron chi connectivity index (χ3n) is 17.7. The summed E-state index contributed by atoms with van der Waals surface area (Å²) in [5.74, 6) is 0.211. The molecule has 10 unspecified atom stereocenters. The number of hydrogen-bond donors (Lipinski definition) is 2. The minimum atomic E-state index is -1.31. The Morgan fingerprint density at radius 1 is 0.855 bits per heavy atom. The van der Waals surface area contributed by atoms with Crippen molar-refractivity contribution in [2.45, 2.75) is 116 Å². The molecule has 2 N–H and O–H groups in total. The zero-order chi connectivity index (χ0) is 39.0. The smallest absolute Gasteiger partial charge is 0.313 e. The van der Waals surface area contributed by atoms with Gasteiger partial charge in [-0.25, -0.2) is 0 Å². The fourth-order valence-corrected chi connectivity index (χ4v) is 13.8. The van der Waals surface area contributed by atoms with Crippen LogP contribution in [0.25, 0.3) is 0 Å². The standard InChI is InChI=1S/C47H57NO7/c1-40(2)43(5)22-25-47(40,55-39(43)52)38(51)48(28-30-10-8-7-9-11-30)29-45(53)21-18-36-42(45,4)20-17-35-41(3)19-16-32(49)26-44(41)23-24-46(35,36)34(27-44)37(50)31-12-14-33(54-6)15-13-31/h7-15,23-24,27,32,35-36,49,53H,16-22,25-26,28-29H2,1-6H3. The van der Waals surface area contributed by atoms with Gasteiger partial charge in [0.2, 0.25) is 0 Å². The van der Waals surface area contributed by atoms with Gasteiger partial charge in [0.25, 0.3) is 5.91 Å². The number of allylic oxidation sites excluding steroid dienone is 4. The Hall–Kier alpha value is -3.75. The Bertz CT molecular complexity index is 2020. The molecule has 0 aromatic heterocycles. The lowest BCUT2D eigenvalue weighted by molar-refractivity contribution is -0.187. The first-order chi connectivity index (χ1) is 26.0. The van der Waals surface area contributed by atoms with E-state index in [4.69, 9.17) is 9.47 Å². The Morgan fingerprint density at radius 2 is 1.53 bits per heavy atom. The first-order valence-electron chi connectivity index (χ1n) is 20.6. The van der Waals surface area contributed by atoms with E-state index in [1.807, 2.05) is 75.4 Å². The lowest BCUT2D eigenvalue weighted by Gasteiger charge is -2.71. The Labute approximate surface area is 325 Å². The van der Waals surface area contributed by atoms with E-state index < -0.39 is 44.4 Å². The molecule has 0 radical (unpaired) electrons. The van der Waals surface area contributed by atoms with Crippen LogP contribution in [-0.2, 0) is 20.9 Å². The average Bonchev–Trinajstić information content (AvgIpc) is 3.62. The molecule has 8 heteroatoms. The largest absolute Gasteiger partial charge is 0.497 e. The van der Waals surface area contributed by atoms with Crippen molar-refractivity contribution in [2.75, 3.05) is 13.7 Å². The van der Waals surface area contributed by atoms with Crippen LogP contribution in [0, 0.1) is 44.3 Å². The number of amides is 1. The van der Waals surface area contributed by atoms with E-state index in [2.05, 4.69) is 32.1 Å². The third-order valence-corrected chi connectivity index (χ3v) is 17.7. The van der Waals surface area contributed by atoms with Crippen molar-refractivity contribution in [3.63, 3.8) is 0 Å². The summed E-state index contributed by atoms with van der Waals surface area (Å²) < 4.78 is 11.6. The fraction of sp³-hybridized carbons (Fsp3) is 0.596. The number of carbonyl (C=O) groups is 3. The molecule has 8 aliphatic rings. The van der Waals surface area contributed by atoms with Crippen molar-refractivity contribution in [2.24, 2.45) is 44.3 Å². The monoisotopic (exact) mass is 747 g/mol. The minimum absolute atomic E-state index is 0.00674. The highest BCUT2D eigenvalue weighted by Gasteiger charge is 2.78. The van der Waals surface area contributed by atoms with Crippen molar-refractivity contribution in [1.29, 1.82) is 0 Å². The summed E-state index contributed by atoms with van der Waals surface area (Å²) in [6, 6.07) is 17.2. The molecular formula is C47H57NO7. The molecule has 1 saturated heterocycles. The van der Waals surface area contributed by atoms with Gasteiger partial charge in [-0.15, -0.1) is 0 Å². The van der Waals surface area contributed by atoms with Crippen molar-refractivity contribution in [3.8, 4) is 5.75 Å². The molecule has 292 valence electrons. The number of rotatable bonds is 8. The molecule has 4 bridgehead atoms. The Balaban J connectivity index is 1.13. The number of aliphatic hydroxyl groups is 2. The third kappa shape index (κ3) is 4.44. The van der Waals surface area contributed by atoms with Crippen LogP contribution in [0.15, 0.2) is 78.4 Å². The van der Waals surface area contributed by atoms with E-state index in [0.717, 1.165) is 36.8 Å². The maximum Gasteiger partial charge on any atom is 0.313 e. The van der Waals surface area contributed by atoms with Gasteiger partial charge in [0.05, 0.1) is 30.8 Å². The number of Topliss-reactive ketones (excluding diaryl/α,β-unsaturated/α-hetero) is 1. The number of hydrogen-bond acceptors (Lipinski definition) is 7. The highest BCUT2D eigenvalue weighted by atomic mass is 16.6. The van der Waals surface area contributed by atoms with Crippen LogP contribution in [-0.4, -0.2) is 63.7 Å². The molecule has 5 fully saturated rings. The lowest BCUT2D eigenvalue weighted by Crippen LogP contribution is -2.67. The van der Waals surface area contributed by atoms with Gasteiger partial charge in [0.15, 0.2) is 11.4 Å². The molecule has 2 aromatic rings. The quantitative estimate of drug-likeness (QED) is 0.162. The van der Waals surface area contributed by atoms with Gasteiger partial charge in [-0.05, 0) is 112 Å². The van der Waals surface area contributed by atoms with Crippen LogP contribution in [0.1, 0.15) is 108 Å². The minimum Gasteiger partial charge on any atom is -0.497 e. The second-order valence-corrected chi connectivity index (χ2v) is 19.7. The van der Waals surface area contributed by atoms with Gasteiger partial charge >= 0.3 is 5.97 Å². The maximum atomic E-state index is 15.2. The molecule has 1 heterocycles. The number of ether oxygens (including phenoxy) is 2. The van der Waals surface area contributed by atoms with Crippen LogP contribution in [0.2, 0.25) is 0 Å². The predicted molar refractivity (Wildman–Crippen MR) is 208 cm³/mol. The first-order valence-corrected chi connectivity index (χ1v) is 20.6. The Morgan fingerprint density at radius 3 is 2.18 bits per heavy atom. The topological polar surface area (TPSA) is 113 Å². The van der Waals surface area contributed by atoms with Crippen LogP contribution in [0.3, 0.4) is 0 Å². The van der Waals surface area contributed by atoms with Crippen LogP contribution < -0.4 is 4.74 Å². The van der Waals surface area contributed by atoms with Gasteiger partial charge in [-0.3, -0.25) is 14.4 Å². The number of methoxy groups -OCH3 is 1. The summed E-state index contributed by atoms with van der Waals surface area (Å²) in [5.41, 5.74) is -3.59. The first kappa shape index (κ1) is 36.9. The van der Waals surface area contributed by atoms with Crippen LogP contribution >= 0.6 is 0 Å². The maximum absolute atomic E-state index is 15.2. The van der Waals surface area contributed by atoms with Gasteiger partial charge in [0, 0.05) is 39.3 Å². The molecular weight excluding hydrogens is 691 g/mol. The van der Waals surface area contributed by atoms with Crippen molar-refractivity contribution in [1.82, 2.24) is 4.90 Å². The van der Waals surface area contributed by atoms with Crippen LogP contribution in [0.5, 0.6) is 5.75 Å². The van der Waals surface area contributed by atoms with Crippen LogP contribution in [0.4, 0.5) is 0 Å². The SMILES string of the molecule is COc1ccc(C(=O)C2=CC34C=CC25C(CCC2(C)C5CCC2(O)CN(Cc2ccccc2)C(=O)C25CCC(C)(C(=O)O2)C5(C)C)C3(C)CCC(O)C4)cc1. The zero-order valence-corrected chi connectivity index (χ0v) is 33.3. The van der Waals surface area contributed by atoms with Crippen molar-refractivity contribution < 1.29 is 34.1 Å². The molecule has 10 rings (SSSR count). The second kappa shape index (κ2) is 11.7. The average molecular weight is 748 g/mol. The number of carbonyl (C=O) groups excluding carboxylic acids is 3. The van der Waals surface area contributed by atoms with Gasteiger partial charge in [0.1, 0.15) is 5.75 Å². The van der Waals surface area contributed by atoms with E-state index in [-0.39, 0.29) is 48.0 Å². The number of aliphatic hydroxyl groups excluding tert-OH is 1. The number of benzene rings is 2. The molecule has 2 aromatic carbocycles. The zero-order valence-electron chi connectivity index (χ0n) is 33.3. The van der Waals surface area contributed by atoms with E-state index in [1.165, 1.54) is 0 Å². The summed E-state index contributed by atoms with van der Waals surface area (Å²) in [6.45, 7) is 10.9. The summed E-state index contributed by atoms with van der Waals surface area (Å²) >= 11 is 0. The van der Waals surface area contributed by atoms with Crippen molar-refractivity contribution in [3.05, 3.63) is 89.5 Å². The summed E-state index contributed by atoms with van der Waals surface area (Å²) in [4.78, 5) is 45.4. The molecule has 8 nitrogen and oxygen atoms in total. The van der Waals surface area contributed by atoms with E-state index in [0.29, 0.717) is 43.4 Å². The lowest BCUT2D eigenvalue weighted by atomic mass is 9.32. The second-order valence-electron chi connectivity index (χ2n) is 19.7. The molecule has 4 saturated carbocycles. The molecule has 55 heavy (non-hydrogen) atoms. The highest BCUT2D eigenvalue weighted by Crippen LogP contribution is 2.78. The summed E-state index contributed by atoms with van der Waals surface area (Å²) in [5, 5.41) is 24.4. The molecule has 1 amide bonds. The number of nitrogens with zero attached hydrogens (tertiary/aromatic N) is 1. The Kier molecular flexibility index (Phi) is 7.81. The highest BCUT2D eigenvalue weighted by molar-refractivity contribution is 6.10. The number of esters is 1. The number of ketones is 1. The molecule has 2 spiro atoms. The van der Waals surface area contributed by atoms with E-state index in [9.17, 15) is 19.8 Å². The summed E-state index contributed by atoms with van der Waals surface area (Å²) in [7, 11) is 1.62. The van der Waals surface area contributed by atoms with Gasteiger partial charge < -0.3 is 24.6 Å². The number of fused-ring (bicyclic) bond motifs is 3.